The molecule has 6 atom stereocenters. The largest absolute Gasteiger partial charge is 0.393 e. The van der Waals surface area contributed by atoms with Crippen molar-refractivity contribution in [1.82, 2.24) is 0 Å². The van der Waals surface area contributed by atoms with Crippen LogP contribution in [-0.4, -0.2) is 22.7 Å². The molecule has 0 bridgehead atoms. The number of rotatable bonds is 0. The lowest BCUT2D eigenvalue weighted by molar-refractivity contribution is -0.130. The average molecular weight is 316 g/mol. The molecule has 4 nitrogen and oxygen atoms in total. The summed E-state index contributed by atoms with van der Waals surface area (Å²) < 4.78 is 0. The Kier molecular flexibility index (Phi) is 3.29. The van der Waals surface area contributed by atoms with E-state index in [4.69, 9.17) is 0 Å². The van der Waals surface area contributed by atoms with Crippen molar-refractivity contribution in [3.8, 4) is 0 Å². The first-order valence-electron chi connectivity index (χ1n) is 9.03. The van der Waals surface area contributed by atoms with Crippen molar-refractivity contribution in [3.05, 3.63) is 11.6 Å². The third kappa shape index (κ3) is 1.93. The highest BCUT2D eigenvalue weighted by Gasteiger charge is 2.60. The predicted molar refractivity (Wildman–Crippen MR) is 86.2 cm³/mol. The highest BCUT2D eigenvalue weighted by atomic mass is 16.4. The van der Waals surface area contributed by atoms with Crippen LogP contribution in [0.2, 0.25) is 0 Å². The minimum absolute atomic E-state index is 0.0606. The average Bonchev–Trinajstić information content (AvgIpc) is 2.83. The van der Waals surface area contributed by atoms with E-state index in [0.29, 0.717) is 30.3 Å². The Hall–Kier alpha value is -1.16. The lowest BCUT2D eigenvalue weighted by Crippen LogP contribution is -2.53. The zero-order chi connectivity index (χ0) is 16.4. The molecule has 1 radical (unpaired) electrons. The molecule has 0 aliphatic heterocycles. The van der Waals surface area contributed by atoms with E-state index in [1.165, 1.54) is 5.57 Å². The van der Waals surface area contributed by atoms with Gasteiger partial charge in [0.2, 0.25) is 0 Å². The Balaban J connectivity index is 1.80. The quantitative estimate of drug-likeness (QED) is 0.697. The lowest BCUT2D eigenvalue weighted by Gasteiger charge is -2.56. The smallest absolute Gasteiger partial charge is 0.139 e. The van der Waals surface area contributed by atoms with Crippen molar-refractivity contribution >= 4 is 11.5 Å². The number of hydrogen-bond acceptors (Lipinski definition) is 3. The van der Waals surface area contributed by atoms with Crippen LogP contribution in [0, 0.1) is 28.6 Å². The molecular formula is C19H26NO3. The van der Waals surface area contributed by atoms with Crippen LogP contribution >= 0.6 is 0 Å². The van der Waals surface area contributed by atoms with Gasteiger partial charge in [-0.25, -0.2) is 0 Å². The normalized spacial score (nSPS) is 51.0. The van der Waals surface area contributed by atoms with Gasteiger partial charge < -0.3 is 5.11 Å². The van der Waals surface area contributed by atoms with Crippen LogP contribution in [0.25, 0.3) is 0 Å². The fourth-order valence-corrected chi connectivity index (χ4v) is 6.27. The molecule has 4 aliphatic carbocycles. The molecule has 0 aromatic rings. The molecule has 1 N–H and O–H groups in total. The molecule has 3 fully saturated rings. The van der Waals surface area contributed by atoms with E-state index in [1.54, 1.807) is 0 Å². The number of aliphatic hydroxyl groups excluding tert-OH is 1. The first-order chi connectivity index (χ1) is 10.9. The minimum Gasteiger partial charge on any atom is -0.393 e. The third-order valence-corrected chi connectivity index (χ3v) is 7.75. The molecule has 4 rings (SSSR count). The van der Waals surface area contributed by atoms with Crippen molar-refractivity contribution in [3.63, 3.8) is 0 Å². The molecule has 4 heteroatoms. The number of aliphatic hydroxyl groups is 1. The number of hydrogen-bond donors (Lipinski definition) is 1. The maximum Gasteiger partial charge on any atom is 0.139 e. The van der Waals surface area contributed by atoms with Gasteiger partial charge in [0.1, 0.15) is 5.78 Å². The van der Waals surface area contributed by atoms with E-state index >= 15 is 0 Å². The van der Waals surface area contributed by atoms with Crippen LogP contribution in [0.5, 0.6) is 0 Å². The summed E-state index contributed by atoms with van der Waals surface area (Å²) in [6, 6.07) is 0. The summed E-state index contributed by atoms with van der Waals surface area (Å²) in [6.45, 7) is 4.42. The van der Waals surface area contributed by atoms with Gasteiger partial charge in [0.25, 0.3) is 0 Å². The summed E-state index contributed by atoms with van der Waals surface area (Å²) in [7, 11) is 0. The van der Waals surface area contributed by atoms with Crippen molar-refractivity contribution in [1.29, 1.82) is 0 Å². The second kappa shape index (κ2) is 4.92. The number of fused-ring (bicyclic) bond motifs is 5. The Morgan fingerprint density at radius 1 is 1.13 bits per heavy atom. The maximum absolute atomic E-state index is 12.4. The summed E-state index contributed by atoms with van der Waals surface area (Å²) in [5.41, 5.74) is 1.65. The van der Waals surface area contributed by atoms with Crippen LogP contribution < -0.4 is 0 Å². The van der Waals surface area contributed by atoms with Gasteiger partial charge in [-0.2, -0.15) is 0 Å². The van der Waals surface area contributed by atoms with Crippen LogP contribution in [0.1, 0.15) is 58.8 Å². The van der Waals surface area contributed by atoms with Gasteiger partial charge in [-0.05, 0) is 67.0 Å². The topological polar surface area (TPSA) is 69.6 Å². The lowest BCUT2D eigenvalue weighted by atomic mass is 9.47. The van der Waals surface area contributed by atoms with Gasteiger partial charge in [0, 0.05) is 17.8 Å². The van der Waals surface area contributed by atoms with Gasteiger partial charge in [-0.3, -0.25) is 4.79 Å². The SMILES string of the molecule is C[C@]12CC[C@H](O)CC1=CC(=N[O])C1C2CC[C@]2(C)C(=O)CCC12. The van der Waals surface area contributed by atoms with E-state index in [-0.39, 0.29) is 28.8 Å². The molecule has 23 heavy (non-hydrogen) atoms. The van der Waals surface area contributed by atoms with E-state index in [9.17, 15) is 15.1 Å². The second-order valence-electron chi connectivity index (χ2n) is 8.66. The maximum atomic E-state index is 12.4. The number of allylic oxidation sites excluding steroid dienone is 1. The zero-order valence-corrected chi connectivity index (χ0v) is 14.0. The van der Waals surface area contributed by atoms with Gasteiger partial charge in [0.15, 0.2) is 0 Å². The molecule has 0 amide bonds. The molecular weight excluding hydrogens is 290 g/mol. The second-order valence-corrected chi connectivity index (χ2v) is 8.66. The van der Waals surface area contributed by atoms with Gasteiger partial charge in [-0.1, -0.05) is 19.4 Å². The van der Waals surface area contributed by atoms with Crippen molar-refractivity contribution in [2.24, 2.45) is 33.7 Å². The first kappa shape index (κ1) is 15.4. The summed E-state index contributed by atoms with van der Waals surface area (Å²) in [5.74, 6) is 1.17. The molecule has 0 spiro atoms. The molecule has 3 saturated carbocycles. The van der Waals surface area contributed by atoms with E-state index in [1.807, 2.05) is 6.08 Å². The van der Waals surface area contributed by atoms with E-state index in [2.05, 4.69) is 19.0 Å². The zero-order valence-electron chi connectivity index (χ0n) is 14.0. The number of carbonyl (C=O) groups is 1. The number of ketones is 1. The Morgan fingerprint density at radius 3 is 2.57 bits per heavy atom. The first-order valence-corrected chi connectivity index (χ1v) is 9.03. The molecule has 125 valence electrons. The number of carbonyl (C=O) groups excluding carboxylic acids is 1. The predicted octanol–water partition coefficient (Wildman–Crippen LogP) is 3.28. The van der Waals surface area contributed by atoms with Crippen molar-refractivity contribution < 1.29 is 15.1 Å². The Bertz CT molecular complexity index is 610. The van der Waals surface area contributed by atoms with E-state index in [0.717, 1.165) is 32.1 Å². The molecule has 0 saturated heterocycles. The van der Waals surface area contributed by atoms with Crippen LogP contribution in [0.15, 0.2) is 16.8 Å². The van der Waals surface area contributed by atoms with Gasteiger partial charge in [-0.15, -0.1) is 5.21 Å². The molecule has 3 unspecified atom stereocenters. The standard InChI is InChI=1S/C19H26NO3/c1-18-7-5-12(21)9-11(18)10-15(20-23)17-13-3-4-16(22)19(13,2)8-6-14(17)18/h10,12-14,17,21H,3-9H2,1-2H3/t12-,13?,14?,17?,18-,19-/m0/s1. The van der Waals surface area contributed by atoms with Crippen molar-refractivity contribution in [2.75, 3.05) is 0 Å². The van der Waals surface area contributed by atoms with Crippen LogP contribution in [0.3, 0.4) is 0 Å². The third-order valence-electron chi connectivity index (χ3n) is 7.75. The fraction of sp³-hybridized carbons (Fsp3) is 0.789. The van der Waals surface area contributed by atoms with Crippen LogP contribution in [0.4, 0.5) is 0 Å². The summed E-state index contributed by atoms with van der Waals surface area (Å²) >= 11 is 0. The van der Waals surface area contributed by atoms with Gasteiger partial charge >= 0.3 is 0 Å². The van der Waals surface area contributed by atoms with Crippen LogP contribution in [-0.2, 0) is 10.0 Å². The monoisotopic (exact) mass is 316 g/mol. The highest BCUT2D eigenvalue weighted by molar-refractivity contribution is 6.00. The summed E-state index contributed by atoms with van der Waals surface area (Å²) in [4.78, 5) is 12.4. The van der Waals surface area contributed by atoms with Gasteiger partial charge in [0.05, 0.1) is 11.8 Å². The Labute approximate surface area is 137 Å². The minimum atomic E-state index is -0.291. The summed E-state index contributed by atoms with van der Waals surface area (Å²) in [6.07, 6.45) is 7.65. The number of Topliss-reactive ketones (excluding diaryl/α,β-unsaturated/α-hetero) is 1. The molecule has 0 aromatic carbocycles. The fourth-order valence-electron chi connectivity index (χ4n) is 6.27. The molecule has 0 aromatic heterocycles. The highest BCUT2D eigenvalue weighted by Crippen LogP contribution is 2.63. The Morgan fingerprint density at radius 2 is 1.83 bits per heavy atom. The van der Waals surface area contributed by atoms with Crippen molar-refractivity contribution in [2.45, 2.75) is 64.9 Å². The molecule has 4 aliphatic rings. The van der Waals surface area contributed by atoms with E-state index < -0.39 is 0 Å². The molecule has 0 heterocycles. The summed E-state index contributed by atoms with van der Waals surface area (Å²) in [5, 5.41) is 25.0. The number of nitrogens with zero attached hydrogens (tertiary/aromatic N) is 1.